The molecular formula is C21H29Cl2N3O11Zn. The maximum absolute atomic E-state index is 10.3. The Labute approximate surface area is 237 Å². The summed E-state index contributed by atoms with van der Waals surface area (Å²) < 4.78 is 79.6. The van der Waals surface area contributed by atoms with E-state index < -0.39 is 26.6 Å². The van der Waals surface area contributed by atoms with Crippen LogP contribution in [-0.4, -0.2) is 50.6 Å². The molecule has 0 radical (unpaired) electrons. The van der Waals surface area contributed by atoms with E-state index in [1.807, 2.05) is 48.5 Å². The SMILES string of the molecule is OC1COc2ccccc2CNCCNCCNCc2ccccc2OC1.[O-][Cl+3]([O-])([O-])[O-].[O-][Cl+3]([O-])([O-])[O-].[Zn+2]. The molecule has 2 aromatic rings. The molecule has 0 saturated heterocycles. The van der Waals surface area contributed by atoms with Crippen molar-refractivity contribution in [1.29, 1.82) is 0 Å². The van der Waals surface area contributed by atoms with Crippen LogP contribution < -0.4 is 62.7 Å². The Kier molecular flexibility index (Phi) is 19.1. The molecule has 14 nitrogen and oxygen atoms in total. The van der Waals surface area contributed by atoms with E-state index in [1.54, 1.807) is 0 Å². The van der Waals surface area contributed by atoms with Gasteiger partial charge in [-0.15, -0.1) is 20.5 Å². The van der Waals surface area contributed by atoms with Gasteiger partial charge in [0.1, 0.15) is 30.8 Å². The second-order valence-electron chi connectivity index (χ2n) is 7.35. The van der Waals surface area contributed by atoms with Crippen molar-refractivity contribution in [3.8, 4) is 11.5 Å². The van der Waals surface area contributed by atoms with Crippen LogP contribution in [0.15, 0.2) is 48.5 Å². The molecule has 0 atom stereocenters. The number of halogens is 2. The number of hydrogen-bond donors (Lipinski definition) is 4. The Hall–Kier alpha value is -1.24. The Balaban J connectivity index is 0.00000107. The van der Waals surface area contributed by atoms with Crippen LogP contribution in [0.1, 0.15) is 11.1 Å². The minimum absolute atomic E-state index is 0. The summed E-state index contributed by atoms with van der Waals surface area (Å²) in [6.45, 7) is 5.43. The minimum atomic E-state index is -4.94. The monoisotopic (exact) mass is 633 g/mol. The molecule has 17 heteroatoms. The molecule has 0 spiro atoms. The number of hydrogen-bond acceptors (Lipinski definition) is 14. The molecule has 0 saturated carbocycles. The fourth-order valence-corrected chi connectivity index (χ4v) is 2.93. The van der Waals surface area contributed by atoms with Crippen molar-refractivity contribution >= 4 is 0 Å². The van der Waals surface area contributed by atoms with Gasteiger partial charge in [-0.05, 0) is 12.1 Å². The molecule has 3 rings (SSSR count). The summed E-state index contributed by atoms with van der Waals surface area (Å²) in [4.78, 5) is 0. The van der Waals surface area contributed by atoms with Gasteiger partial charge < -0.3 is 30.5 Å². The third kappa shape index (κ3) is 21.7. The second-order valence-corrected chi connectivity index (χ2v) is 8.86. The van der Waals surface area contributed by atoms with Gasteiger partial charge in [0.2, 0.25) is 0 Å². The van der Waals surface area contributed by atoms with E-state index in [0.29, 0.717) is 0 Å². The Morgan fingerprint density at radius 2 is 0.921 bits per heavy atom. The molecule has 0 amide bonds. The van der Waals surface area contributed by atoms with Gasteiger partial charge in [0.05, 0.1) is 0 Å². The van der Waals surface area contributed by atoms with Crippen molar-refractivity contribution in [3.05, 3.63) is 59.7 Å². The molecule has 0 aliphatic carbocycles. The zero-order valence-electron chi connectivity index (χ0n) is 20.3. The van der Waals surface area contributed by atoms with Crippen LogP contribution in [0.3, 0.4) is 0 Å². The van der Waals surface area contributed by atoms with E-state index in [9.17, 15) is 5.11 Å². The van der Waals surface area contributed by atoms with E-state index in [1.165, 1.54) is 0 Å². The van der Waals surface area contributed by atoms with E-state index in [-0.39, 0.29) is 32.7 Å². The molecule has 0 unspecified atom stereocenters. The molecule has 38 heavy (non-hydrogen) atoms. The first-order valence-corrected chi connectivity index (χ1v) is 13.2. The minimum Gasteiger partial charge on any atom is -0.490 e. The normalized spacial score (nSPS) is 16.0. The van der Waals surface area contributed by atoms with Crippen molar-refractivity contribution in [1.82, 2.24) is 16.0 Å². The first kappa shape index (κ1) is 36.8. The van der Waals surface area contributed by atoms with E-state index in [2.05, 4.69) is 16.0 Å². The zero-order valence-corrected chi connectivity index (χ0v) is 24.8. The van der Waals surface area contributed by atoms with Crippen LogP contribution in [0.2, 0.25) is 0 Å². The van der Waals surface area contributed by atoms with Crippen molar-refractivity contribution in [3.63, 3.8) is 0 Å². The number of aliphatic hydroxyl groups excluding tert-OH is 1. The summed E-state index contributed by atoms with van der Waals surface area (Å²) in [5.41, 5.74) is 2.16. The van der Waals surface area contributed by atoms with Gasteiger partial charge >= 0.3 is 19.5 Å². The number of nitrogens with one attached hydrogen (secondary N) is 3. The predicted octanol–water partition coefficient (Wildman–Crippen LogP) is -8.23. The van der Waals surface area contributed by atoms with Crippen molar-refractivity contribution in [2.45, 2.75) is 19.2 Å². The molecular weight excluding hydrogens is 607 g/mol. The Bertz CT molecular complexity index is 810. The topological polar surface area (TPSA) is 259 Å². The molecule has 210 valence electrons. The average Bonchev–Trinajstić information content (AvgIpc) is 2.79. The summed E-state index contributed by atoms with van der Waals surface area (Å²) >= 11 is 0. The van der Waals surface area contributed by atoms with Gasteiger partial charge in [0, 0.05) is 50.4 Å². The quantitative estimate of drug-likeness (QED) is 0.196. The summed E-state index contributed by atoms with van der Waals surface area (Å²) in [5.74, 6) is 1.59. The summed E-state index contributed by atoms with van der Waals surface area (Å²) in [6, 6.07) is 15.8. The number of rotatable bonds is 0. The van der Waals surface area contributed by atoms with E-state index >= 15 is 0 Å². The number of ether oxygens (including phenoxy) is 2. The molecule has 0 fully saturated rings. The molecule has 1 heterocycles. The van der Waals surface area contributed by atoms with Crippen LogP contribution in [-0.2, 0) is 32.6 Å². The summed E-state index contributed by atoms with van der Waals surface area (Å²) in [6.07, 6.45) is -0.699. The van der Waals surface area contributed by atoms with Crippen LogP contribution in [0.4, 0.5) is 0 Å². The fourth-order valence-electron chi connectivity index (χ4n) is 2.93. The fraction of sp³-hybridized carbons (Fsp3) is 0.429. The number of fused-ring (bicyclic) bond motifs is 2. The standard InChI is InChI=1S/C21H29N3O3.2ClHO4.Zn/c25-19-15-26-20-7-3-1-5-17(20)13-23-11-9-22-10-12-24-14-18-6-2-4-8-21(18)27-16-19;2*2-1(3,4)5;/h1-8,19,22-25H,9-16H2;2*(H,2,3,4,5);/q;;;+2/p-2. The van der Waals surface area contributed by atoms with Gasteiger partial charge in [0.15, 0.2) is 0 Å². The van der Waals surface area contributed by atoms with Crippen molar-refractivity contribution < 1.29 is 91.8 Å². The Morgan fingerprint density at radius 1 is 0.605 bits per heavy atom. The Morgan fingerprint density at radius 3 is 1.29 bits per heavy atom. The zero-order chi connectivity index (χ0) is 27.7. The van der Waals surface area contributed by atoms with Gasteiger partial charge in [-0.1, -0.05) is 36.4 Å². The van der Waals surface area contributed by atoms with E-state index in [4.69, 9.17) is 46.7 Å². The summed E-state index contributed by atoms with van der Waals surface area (Å²) in [7, 11) is -9.89. The first-order valence-electron chi connectivity index (χ1n) is 10.8. The summed E-state index contributed by atoms with van der Waals surface area (Å²) in [5, 5.41) is 20.5. The molecule has 2 aromatic carbocycles. The average molecular weight is 636 g/mol. The molecule has 4 N–H and O–H groups in total. The molecule has 1 aliphatic rings. The number of para-hydroxylation sites is 2. The van der Waals surface area contributed by atoms with Crippen LogP contribution in [0.5, 0.6) is 11.5 Å². The molecule has 0 aromatic heterocycles. The maximum Gasteiger partial charge on any atom is 2.00 e. The van der Waals surface area contributed by atoms with Crippen LogP contribution in [0, 0.1) is 20.5 Å². The number of aliphatic hydroxyl groups is 1. The van der Waals surface area contributed by atoms with Gasteiger partial charge in [-0.2, -0.15) is 0 Å². The third-order valence-electron chi connectivity index (χ3n) is 4.40. The first-order chi connectivity index (χ1) is 17.3. The smallest absolute Gasteiger partial charge is 0.490 e. The van der Waals surface area contributed by atoms with Crippen molar-refractivity contribution in [2.24, 2.45) is 0 Å². The largest absolute Gasteiger partial charge is 2.00 e. The number of benzene rings is 2. The van der Waals surface area contributed by atoms with Crippen LogP contribution >= 0.6 is 0 Å². The van der Waals surface area contributed by atoms with Gasteiger partial charge in [0.25, 0.3) is 0 Å². The van der Waals surface area contributed by atoms with Gasteiger partial charge in [-0.3, -0.25) is 0 Å². The van der Waals surface area contributed by atoms with Crippen LogP contribution in [0.25, 0.3) is 0 Å². The second kappa shape index (κ2) is 19.8. The maximum atomic E-state index is 10.3. The van der Waals surface area contributed by atoms with Crippen molar-refractivity contribution in [2.75, 3.05) is 39.4 Å². The predicted molar refractivity (Wildman–Crippen MR) is 106 cm³/mol. The third-order valence-corrected chi connectivity index (χ3v) is 4.40. The van der Waals surface area contributed by atoms with Gasteiger partial charge in [-0.25, -0.2) is 37.3 Å². The van der Waals surface area contributed by atoms with E-state index in [0.717, 1.165) is 61.9 Å². The molecule has 1 aliphatic heterocycles. The molecule has 0 bridgehead atoms.